The Morgan fingerprint density at radius 1 is 1.41 bits per heavy atom. The minimum absolute atomic E-state index is 0.0592. The minimum Gasteiger partial charge on any atom is -0.380 e. The lowest BCUT2D eigenvalue weighted by Crippen LogP contribution is -2.43. The van der Waals surface area contributed by atoms with Gasteiger partial charge in [0.1, 0.15) is 0 Å². The Morgan fingerprint density at radius 3 is 2.82 bits per heavy atom. The first kappa shape index (κ1) is 16.8. The smallest absolute Gasteiger partial charge is 0.191 e. The highest BCUT2D eigenvalue weighted by Crippen LogP contribution is 2.11. The number of guanidine groups is 1. The van der Waals surface area contributed by atoms with E-state index in [1.807, 2.05) is 18.2 Å². The first-order valence-electron chi connectivity index (χ1n) is 7.27. The van der Waals surface area contributed by atoms with E-state index in [0.717, 1.165) is 11.1 Å². The summed E-state index contributed by atoms with van der Waals surface area (Å²) in [6.07, 6.45) is 0.631. The molecule has 1 aromatic rings. The van der Waals surface area contributed by atoms with Gasteiger partial charge in [-0.05, 0) is 17.5 Å². The maximum absolute atomic E-state index is 11.5. The second kappa shape index (κ2) is 7.60. The summed E-state index contributed by atoms with van der Waals surface area (Å²) in [4.78, 5) is 4.15. The quantitative estimate of drug-likeness (QED) is 0.615. The molecule has 6 nitrogen and oxygen atoms in total. The molecule has 0 aliphatic carbocycles. The second-order valence-electron chi connectivity index (χ2n) is 5.42. The molecule has 1 heterocycles. The molecule has 1 unspecified atom stereocenters. The van der Waals surface area contributed by atoms with Crippen LogP contribution in [-0.4, -0.2) is 46.1 Å². The van der Waals surface area contributed by atoms with Gasteiger partial charge in [0.15, 0.2) is 15.8 Å². The van der Waals surface area contributed by atoms with E-state index in [4.69, 9.17) is 4.74 Å². The highest BCUT2D eigenvalue weighted by molar-refractivity contribution is 7.91. The molecular formula is C15H23N3O3S. The Kier molecular flexibility index (Phi) is 5.79. The van der Waals surface area contributed by atoms with Gasteiger partial charge in [-0.2, -0.15) is 0 Å². The standard InChI is InChI=1S/C15H23N3O3S/c1-16-15(18-14-6-7-22(19,20)11-14)17-9-12-4-3-5-13(8-12)10-21-2/h3-5,8,14H,6-7,9-11H2,1-2H3,(H2,16,17,18). The Hall–Kier alpha value is -1.60. The van der Waals surface area contributed by atoms with Crippen molar-refractivity contribution in [2.24, 2.45) is 4.99 Å². The summed E-state index contributed by atoms with van der Waals surface area (Å²) in [5, 5.41) is 6.38. The largest absolute Gasteiger partial charge is 0.380 e. The predicted molar refractivity (Wildman–Crippen MR) is 87.5 cm³/mol. The van der Waals surface area contributed by atoms with Crippen molar-refractivity contribution < 1.29 is 13.2 Å². The highest BCUT2D eigenvalue weighted by atomic mass is 32.2. The molecule has 1 atom stereocenters. The number of rotatable bonds is 5. The number of hydrogen-bond donors (Lipinski definition) is 2. The number of ether oxygens (including phenoxy) is 1. The molecule has 0 aromatic heterocycles. The zero-order valence-corrected chi connectivity index (χ0v) is 13.8. The zero-order chi connectivity index (χ0) is 16.0. The number of nitrogens with one attached hydrogen (secondary N) is 2. The highest BCUT2D eigenvalue weighted by Gasteiger charge is 2.28. The van der Waals surface area contributed by atoms with Crippen LogP contribution in [0, 0.1) is 0 Å². The van der Waals surface area contributed by atoms with Crippen LogP contribution in [0.15, 0.2) is 29.3 Å². The van der Waals surface area contributed by atoms with Crippen molar-refractivity contribution in [1.82, 2.24) is 10.6 Å². The molecule has 7 heteroatoms. The molecule has 122 valence electrons. The van der Waals surface area contributed by atoms with Gasteiger partial charge < -0.3 is 15.4 Å². The monoisotopic (exact) mass is 325 g/mol. The van der Waals surface area contributed by atoms with Gasteiger partial charge in [0, 0.05) is 26.7 Å². The van der Waals surface area contributed by atoms with E-state index in [1.54, 1.807) is 14.2 Å². The van der Waals surface area contributed by atoms with E-state index in [0.29, 0.717) is 25.5 Å². The maximum atomic E-state index is 11.5. The van der Waals surface area contributed by atoms with Crippen molar-refractivity contribution >= 4 is 15.8 Å². The summed E-state index contributed by atoms with van der Waals surface area (Å²) in [6, 6.07) is 8.05. The predicted octanol–water partition coefficient (Wildman–Crippen LogP) is 0.685. The molecule has 2 N–H and O–H groups in total. The van der Waals surface area contributed by atoms with Gasteiger partial charge in [-0.25, -0.2) is 8.42 Å². The summed E-state index contributed by atoms with van der Waals surface area (Å²) in [6.45, 7) is 1.21. The second-order valence-corrected chi connectivity index (χ2v) is 7.65. The number of benzene rings is 1. The van der Waals surface area contributed by atoms with Crippen molar-refractivity contribution in [2.45, 2.75) is 25.6 Å². The molecule has 2 rings (SSSR count). The molecule has 1 aliphatic rings. The number of nitrogens with zero attached hydrogens (tertiary/aromatic N) is 1. The maximum Gasteiger partial charge on any atom is 0.191 e. The average Bonchev–Trinajstić information content (AvgIpc) is 2.83. The van der Waals surface area contributed by atoms with Crippen LogP contribution in [0.2, 0.25) is 0 Å². The SMILES string of the molecule is CN=C(NCc1cccc(COC)c1)NC1CCS(=O)(=O)C1. The van der Waals surface area contributed by atoms with Crippen LogP contribution in [0.4, 0.5) is 0 Å². The molecule has 0 spiro atoms. The van der Waals surface area contributed by atoms with Crippen LogP contribution in [0.1, 0.15) is 17.5 Å². The molecule has 1 saturated heterocycles. The lowest BCUT2D eigenvalue weighted by Gasteiger charge is -2.16. The van der Waals surface area contributed by atoms with Crippen LogP contribution in [-0.2, 0) is 27.7 Å². The third kappa shape index (κ3) is 4.99. The van der Waals surface area contributed by atoms with Gasteiger partial charge in [0.05, 0.1) is 18.1 Å². The summed E-state index contributed by atoms with van der Waals surface area (Å²) in [5.74, 6) is 1.05. The van der Waals surface area contributed by atoms with Gasteiger partial charge in [0.2, 0.25) is 0 Å². The van der Waals surface area contributed by atoms with Crippen LogP contribution >= 0.6 is 0 Å². The van der Waals surface area contributed by atoms with Crippen molar-refractivity contribution in [3.8, 4) is 0 Å². The first-order valence-corrected chi connectivity index (χ1v) is 9.09. The summed E-state index contributed by atoms with van der Waals surface area (Å²) >= 11 is 0. The van der Waals surface area contributed by atoms with E-state index in [1.165, 1.54) is 0 Å². The number of methoxy groups -OCH3 is 1. The van der Waals surface area contributed by atoms with Crippen molar-refractivity contribution in [3.05, 3.63) is 35.4 Å². The Bertz CT molecular complexity index is 629. The van der Waals surface area contributed by atoms with E-state index in [9.17, 15) is 8.42 Å². The molecule has 0 bridgehead atoms. The summed E-state index contributed by atoms with van der Waals surface area (Å²) in [5.41, 5.74) is 2.24. The molecule has 0 radical (unpaired) electrons. The van der Waals surface area contributed by atoms with E-state index in [2.05, 4.69) is 21.7 Å². The van der Waals surface area contributed by atoms with E-state index >= 15 is 0 Å². The Morgan fingerprint density at radius 2 is 2.18 bits per heavy atom. The lowest BCUT2D eigenvalue weighted by atomic mass is 10.1. The van der Waals surface area contributed by atoms with E-state index in [-0.39, 0.29) is 17.5 Å². The molecule has 0 amide bonds. The van der Waals surface area contributed by atoms with Crippen LogP contribution in [0.3, 0.4) is 0 Å². The number of aliphatic imine (C=N–C) groups is 1. The topological polar surface area (TPSA) is 79.8 Å². The average molecular weight is 325 g/mol. The van der Waals surface area contributed by atoms with E-state index < -0.39 is 9.84 Å². The van der Waals surface area contributed by atoms with Gasteiger partial charge in [-0.3, -0.25) is 4.99 Å². The fourth-order valence-corrected chi connectivity index (χ4v) is 4.15. The lowest BCUT2D eigenvalue weighted by molar-refractivity contribution is 0.185. The molecule has 1 aromatic carbocycles. The third-order valence-electron chi connectivity index (χ3n) is 3.56. The Balaban J connectivity index is 1.87. The normalized spacial score (nSPS) is 20.8. The molecule has 22 heavy (non-hydrogen) atoms. The zero-order valence-electron chi connectivity index (χ0n) is 13.0. The van der Waals surface area contributed by atoms with Gasteiger partial charge in [-0.1, -0.05) is 24.3 Å². The fourth-order valence-electron chi connectivity index (χ4n) is 2.48. The molecule has 0 saturated carbocycles. The third-order valence-corrected chi connectivity index (χ3v) is 5.33. The van der Waals surface area contributed by atoms with Crippen LogP contribution in [0.5, 0.6) is 0 Å². The Labute approximate surface area is 131 Å². The first-order chi connectivity index (χ1) is 10.5. The molecule has 1 fully saturated rings. The summed E-state index contributed by atoms with van der Waals surface area (Å²) < 4.78 is 28.1. The summed E-state index contributed by atoms with van der Waals surface area (Å²) in [7, 11) is 0.466. The van der Waals surface area contributed by atoms with Crippen LogP contribution in [0.25, 0.3) is 0 Å². The fraction of sp³-hybridized carbons (Fsp3) is 0.533. The van der Waals surface area contributed by atoms with Crippen molar-refractivity contribution in [1.29, 1.82) is 0 Å². The number of hydrogen-bond acceptors (Lipinski definition) is 4. The van der Waals surface area contributed by atoms with Crippen molar-refractivity contribution in [2.75, 3.05) is 25.7 Å². The van der Waals surface area contributed by atoms with Crippen LogP contribution < -0.4 is 10.6 Å². The van der Waals surface area contributed by atoms with Gasteiger partial charge in [0.25, 0.3) is 0 Å². The minimum atomic E-state index is -2.89. The molecule has 1 aliphatic heterocycles. The number of sulfone groups is 1. The van der Waals surface area contributed by atoms with Gasteiger partial charge >= 0.3 is 0 Å². The van der Waals surface area contributed by atoms with Gasteiger partial charge in [-0.15, -0.1) is 0 Å². The van der Waals surface area contributed by atoms with Crippen molar-refractivity contribution in [3.63, 3.8) is 0 Å². The molecular weight excluding hydrogens is 302 g/mol.